The Balaban J connectivity index is 1.77. The van der Waals surface area contributed by atoms with Crippen molar-refractivity contribution in [1.29, 1.82) is 0 Å². The summed E-state index contributed by atoms with van der Waals surface area (Å²) in [5.41, 5.74) is -0.0952. The van der Waals surface area contributed by atoms with E-state index in [0.29, 0.717) is 6.42 Å². The minimum absolute atomic E-state index is 0.130. The number of unbranched alkanes of at least 4 members (excludes halogenated alkanes) is 9. The van der Waals surface area contributed by atoms with Gasteiger partial charge < -0.3 is 14.2 Å². The Morgan fingerprint density at radius 3 is 2.12 bits per heavy atom. The summed E-state index contributed by atoms with van der Waals surface area (Å²) in [6.45, 7) is 7.93. The molecule has 1 heterocycles. The fourth-order valence-corrected chi connectivity index (χ4v) is 4.16. The Morgan fingerprint density at radius 1 is 1.00 bits per heavy atom. The number of rotatable bonds is 15. The molecule has 1 fully saturated rings. The molecule has 5 nitrogen and oxygen atoms in total. The number of benzene rings is 1. The van der Waals surface area contributed by atoms with Crippen LogP contribution in [0.5, 0.6) is 5.75 Å². The highest BCUT2D eigenvalue weighted by molar-refractivity contribution is 6.00. The lowest BCUT2D eigenvalue weighted by Gasteiger charge is -2.27. The lowest BCUT2D eigenvalue weighted by molar-refractivity contribution is -0.158. The lowest BCUT2D eigenvalue weighted by Crippen LogP contribution is -2.38. The number of methoxy groups -OCH3 is 1. The van der Waals surface area contributed by atoms with Crippen LogP contribution in [0.3, 0.4) is 0 Å². The van der Waals surface area contributed by atoms with E-state index in [1.165, 1.54) is 51.4 Å². The van der Waals surface area contributed by atoms with Gasteiger partial charge in [0.2, 0.25) is 0 Å². The highest BCUT2D eigenvalue weighted by Crippen LogP contribution is 2.43. The van der Waals surface area contributed by atoms with Crippen molar-refractivity contribution in [1.82, 2.24) is 0 Å². The monoisotopic (exact) mass is 444 g/mol. The molecule has 0 N–H and O–H groups in total. The first-order valence-corrected chi connectivity index (χ1v) is 12.1. The number of cyclic esters (lactones) is 1. The minimum atomic E-state index is -1.14. The molecule has 5 heteroatoms. The molecule has 1 aliphatic rings. The molecule has 32 heavy (non-hydrogen) atoms. The molecule has 0 aromatic heterocycles. The maximum Gasteiger partial charge on any atom is 0.335 e. The van der Waals surface area contributed by atoms with Gasteiger partial charge in [0.25, 0.3) is 0 Å². The molecular weight excluding hydrogens is 404 g/mol. The summed E-state index contributed by atoms with van der Waals surface area (Å²) >= 11 is 0. The van der Waals surface area contributed by atoms with Crippen LogP contribution in [0, 0.1) is 5.41 Å². The van der Waals surface area contributed by atoms with Crippen molar-refractivity contribution in [2.45, 2.75) is 97.2 Å². The predicted molar refractivity (Wildman–Crippen MR) is 126 cm³/mol. The van der Waals surface area contributed by atoms with Crippen LogP contribution < -0.4 is 4.74 Å². The van der Waals surface area contributed by atoms with Crippen LogP contribution in [-0.2, 0) is 25.7 Å². The fraction of sp³-hybridized carbons (Fsp3) is 0.630. The predicted octanol–water partition coefficient (Wildman–Crippen LogP) is 6.54. The summed E-state index contributed by atoms with van der Waals surface area (Å²) in [6.07, 6.45) is 12.5. The van der Waals surface area contributed by atoms with Crippen LogP contribution in [-0.4, -0.2) is 25.2 Å². The van der Waals surface area contributed by atoms with E-state index in [4.69, 9.17) is 14.2 Å². The number of esters is 2. The zero-order valence-corrected chi connectivity index (χ0v) is 20.1. The SMILES string of the molecule is C=C1C(=O)O[C@@H](CCCCCCCCCCCC)[C@@]1(C)C(=O)OCc1ccc(OC)cc1. The van der Waals surface area contributed by atoms with E-state index in [-0.39, 0.29) is 12.2 Å². The zero-order chi connectivity index (χ0) is 23.4. The molecule has 1 aliphatic heterocycles. The number of carbonyl (C=O) groups excluding carboxylic acids is 2. The molecule has 0 saturated carbocycles. The number of carbonyl (C=O) groups is 2. The zero-order valence-electron chi connectivity index (χ0n) is 20.1. The summed E-state index contributed by atoms with van der Waals surface area (Å²) in [6, 6.07) is 7.34. The minimum Gasteiger partial charge on any atom is -0.497 e. The molecule has 0 aliphatic carbocycles. The molecule has 1 aromatic carbocycles. The number of hydrogen-bond acceptors (Lipinski definition) is 5. The number of ether oxygens (including phenoxy) is 3. The average Bonchev–Trinajstić information content (AvgIpc) is 3.03. The van der Waals surface area contributed by atoms with Crippen molar-refractivity contribution in [3.63, 3.8) is 0 Å². The van der Waals surface area contributed by atoms with Crippen molar-refractivity contribution >= 4 is 11.9 Å². The van der Waals surface area contributed by atoms with Crippen molar-refractivity contribution < 1.29 is 23.8 Å². The Bertz CT molecular complexity index is 739. The van der Waals surface area contributed by atoms with Gasteiger partial charge >= 0.3 is 11.9 Å². The second-order valence-corrected chi connectivity index (χ2v) is 8.97. The van der Waals surface area contributed by atoms with Gasteiger partial charge in [0.15, 0.2) is 0 Å². The topological polar surface area (TPSA) is 61.8 Å². The first-order valence-electron chi connectivity index (χ1n) is 12.1. The summed E-state index contributed by atoms with van der Waals surface area (Å²) in [5.74, 6) is -0.209. The smallest absolute Gasteiger partial charge is 0.335 e. The maximum atomic E-state index is 13.0. The van der Waals surface area contributed by atoms with Crippen molar-refractivity contribution in [2.24, 2.45) is 5.41 Å². The van der Waals surface area contributed by atoms with E-state index < -0.39 is 23.5 Å². The summed E-state index contributed by atoms with van der Waals surface area (Å²) in [7, 11) is 1.60. The second-order valence-electron chi connectivity index (χ2n) is 8.97. The average molecular weight is 445 g/mol. The summed E-state index contributed by atoms with van der Waals surface area (Å²) in [5, 5.41) is 0. The molecular formula is C27H40O5. The van der Waals surface area contributed by atoms with Crippen molar-refractivity contribution in [3.8, 4) is 5.75 Å². The normalized spacial score (nSPS) is 20.3. The highest BCUT2D eigenvalue weighted by Gasteiger charge is 2.55. The molecule has 1 aromatic rings. The Morgan fingerprint density at radius 2 is 1.56 bits per heavy atom. The summed E-state index contributed by atoms with van der Waals surface area (Å²) in [4.78, 5) is 25.2. The Hall–Kier alpha value is -2.30. The first-order chi connectivity index (χ1) is 15.4. The molecule has 0 unspecified atom stereocenters. The van der Waals surface area contributed by atoms with E-state index in [1.807, 2.05) is 24.3 Å². The van der Waals surface area contributed by atoms with Crippen molar-refractivity contribution in [3.05, 3.63) is 42.0 Å². The molecule has 0 bridgehead atoms. The van der Waals surface area contributed by atoms with E-state index in [0.717, 1.165) is 24.2 Å². The fourth-order valence-electron chi connectivity index (χ4n) is 4.16. The molecule has 0 amide bonds. The van der Waals surface area contributed by atoms with Gasteiger partial charge in [0.1, 0.15) is 23.9 Å². The molecule has 178 valence electrons. The third kappa shape index (κ3) is 7.11. The van der Waals surface area contributed by atoms with Crippen molar-refractivity contribution in [2.75, 3.05) is 7.11 Å². The van der Waals surface area contributed by atoms with Gasteiger partial charge in [-0.25, -0.2) is 4.79 Å². The van der Waals surface area contributed by atoms with E-state index in [2.05, 4.69) is 13.5 Å². The van der Waals surface area contributed by atoms with Gasteiger partial charge in [0, 0.05) is 0 Å². The molecule has 2 atom stereocenters. The largest absolute Gasteiger partial charge is 0.497 e. The second kappa shape index (κ2) is 13.3. The van der Waals surface area contributed by atoms with Gasteiger partial charge in [-0.1, -0.05) is 83.4 Å². The lowest BCUT2D eigenvalue weighted by atomic mass is 9.78. The van der Waals surface area contributed by atoms with Crippen LogP contribution in [0.2, 0.25) is 0 Å². The molecule has 1 saturated heterocycles. The number of hydrogen-bond donors (Lipinski definition) is 0. The molecule has 0 spiro atoms. The molecule has 2 rings (SSSR count). The van der Waals surface area contributed by atoms with E-state index in [9.17, 15) is 9.59 Å². The van der Waals surface area contributed by atoms with Gasteiger partial charge in [-0.05, 0) is 37.5 Å². The van der Waals surface area contributed by atoms with E-state index >= 15 is 0 Å². The van der Waals surface area contributed by atoms with Crippen LogP contribution >= 0.6 is 0 Å². The standard InChI is InChI=1S/C27H40O5/c1-5-6-7-8-9-10-11-12-13-14-15-24-27(3,21(2)25(28)32-24)26(29)31-20-22-16-18-23(30-4)19-17-22/h16-19,24H,2,5-15,20H2,1,3-4H3/t24-,27-/m0/s1. The van der Waals surface area contributed by atoms with Crippen LogP contribution in [0.4, 0.5) is 0 Å². The van der Waals surface area contributed by atoms with Crippen LogP contribution in [0.1, 0.15) is 90.0 Å². The van der Waals surface area contributed by atoms with Gasteiger partial charge in [0.05, 0.1) is 12.7 Å². The summed E-state index contributed by atoms with van der Waals surface area (Å²) < 4.78 is 16.2. The quantitative estimate of drug-likeness (QED) is 0.175. The van der Waals surface area contributed by atoms with Gasteiger partial charge in [-0.2, -0.15) is 0 Å². The Labute approximate surface area is 193 Å². The highest BCUT2D eigenvalue weighted by atomic mass is 16.6. The van der Waals surface area contributed by atoms with E-state index in [1.54, 1.807) is 14.0 Å². The Kier molecular flexibility index (Phi) is 10.8. The first kappa shape index (κ1) is 26.0. The third-order valence-corrected chi connectivity index (χ3v) is 6.54. The molecule has 0 radical (unpaired) electrons. The van der Waals surface area contributed by atoms with Crippen LogP contribution in [0.15, 0.2) is 36.4 Å². The third-order valence-electron chi connectivity index (χ3n) is 6.54. The van der Waals surface area contributed by atoms with Crippen LogP contribution in [0.25, 0.3) is 0 Å². The van der Waals surface area contributed by atoms with Gasteiger partial charge in [-0.15, -0.1) is 0 Å². The van der Waals surface area contributed by atoms with Gasteiger partial charge in [-0.3, -0.25) is 4.79 Å². The maximum absolute atomic E-state index is 13.0.